The van der Waals surface area contributed by atoms with Gasteiger partial charge < -0.3 is 19.3 Å². The molecule has 0 aromatic rings. The average molecular weight is 273 g/mol. The highest BCUT2D eigenvalue weighted by Gasteiger charge is 2.04. The minimum atomic E-state index is -1.47. The summed E-state index contributed by atoms with van der Waals surface area (Å²) in [4.78, 5) is 21.7. The first-order chi connectivity index (χ1) is 8.60. The summed E-state index contributed by atoms with van der Waals surface area (Å²) in [7, 11) is -1.47. The molecule has 1 amide bonds. The zero-order valence-corrected chi connectivity index (χ0v) is 11.6. The number of carbonyl (C=O) groups is 2. The van der Waals surface area contributed by atoms with Gasteiger partial charge >= 0.3 is 12.1 Å². The summed E-state index contributed by atoms with van der Waals surface area (Å²) in [6.07, 6.45) is 1.14. The van der Waals surface area contributed by atoms with Crippen LogP contribution in [0.5, 0.6) is 0 Å². The van der Waals surface area contributed by atoms with Gasteiger partial charge in [0.15, 0.2) is 0 Å². The molecular formula is C11H19NO5Si. The van der Waals surface area contributed by atoms with E-state index in [2.05, 4.69) is 16.6 Å². The van der Waals surface area contributed by atoms with Gasteiger partial charge in [-0.15, -0.1) is 0 Å². The van der Waals surface area contributed by atoms with Crippen molar-refractivity contribution < 1.29 is 23.5 Å². The minimum Gasteiger partial charge on any atom is -0.459 e. The SMILES string of the molecule is C=CC(=O)OCCOC(=O)NCCC[Si](=O)CC. The predicted molar refractivity (Wildman–Crippen MR) is 66.9 cm³/mol. The molecule has 0 rings (SSSR count). The lowest BCUT2D eigenvalue weighted by Gasteiger charge is -2.06. The number of rotatable bonds is 9. The summed E-state index contributed by atoms with van der Waals surface area (Å²) in [5, 5.41) is 2.52. The monoisotopic (exact) mass is 273 g/mol. The number of alkyl carbamates (subject to hydrolysis) is 1. The van der Waals surface area contributed by atoms with Crippen LogP contribution in [0.1, 0.15) is 13.3 Å². The molecule has 0 saturated heterocycles. The molecule has 0 spiro atoms. The van der Waals surface area contributed by atoms with Crippen LogP contribution in [0.2, 0.25) is 12.1 Å². The van der Waals surface area contributed by atoms with Crippen LogP contribution in [0.25, 0.3) is 0 Å². The van der Waals surface area contributed by atoms with E-state index in [1.54, 1.807) is 0 Å². The number of amides is 1. The Morgan fingerprint density at radius 1 is 1.33 bits per heavy atom. The maximum absolute atomic E-state index is 11.1. The van der Waals surface area contributed by atoms with E-state index in [1.807, 2.05) is 6.92 Å². The molecule has 7 heteroatoms. The molecule has 0 aromatic heterocycles. The molecule has 0 aliphatic heterocycles. The quantitative estimate of drug-likeness (QED) is 0.296. The van der Waals surface area contributed by atoms with Crippen LogP contribution >= 0.6 is 0 Å². The van der Waals surface area contributed by atoms with E-state index in [-0.39, 0.29) is 13.2 Å². The third-order valence-corrected chi connectivity index (χ3v) is 3.72. The molecule has 0 aliphatic carbocycles. The van der Waals surface area contributed by atoms with Gasteiger partial charge in [0.1, 0.15) is 13.2 Å². The molecule has 0 atom stereocenters. The summed E-state index contributed by atoms with van der Waals surface area (Å²) in [5.74, 6) is -0.552. The molecule has 0 saturated carbocycles. The van der Waals surface area contributed by atoms with Crippen molar-refractivity contribution >= 4 is 20.7 Å². The lowest BCUT2D eigenvalue weighted by Crippen LogP contribution is -2.27. The summed E-state index contributed by atoms with van der Waals surface area (Å²) >= 11 is 0. The van der Waals surface area contributed by atoms with Crippen molar-refractivity contribution in [2.24, 2.45) is 0 Å². The first kappa shape index (κ1) is 16.5. The fourth-order valence-corrected chi connectivity index (χ4v) is 1.96. The van der Waals surface area contributed by atoms with Crippen molar-refractivity contribution in [3.8, 4) is 0 Å². The van der Waals surface area contributed by atoms with Gasteiger partial charge in [-0.2, -0.15) is 0 Å². The number of esters is 1. The van der Waals surface area contributed by atoms with Gasteiger partial charge in [-0.25, -0.2) is 9.59 Å². The second kappa shape index (κ2) is 10.6. The molecule has 6 nitrogen and oxygen atoms in total. The summed E-state index contributed by atoms with van der Waals surface area (Å²) in [6.45, 7) is 5.54. The van der Waals surface area contributed by atoms with E-state index in [4.69, 9.17) is 4.74 Å². The fourth-order valence-electron chi connectivity index (χ4n) is 1.04. The van der Waals surface area contributed by atoms with Gasteiger partial charge in [0.25, 0.3) is 8.68 Å². The lowest BCUT2D eigenvalue weighted by molar-refractivity contribution is -0.138. The third kappa shape index (κ3) is 9.70. The number of hydrogen-bond acceptors (Lipinski definition) is 5. The first-order valence-electron chi connectivity index (χ1n) is 5.81. The van der Waals surface area contributed by atoms with E-state index >= 15 is 0 Å². The molecule has 0 fully saturated rings. The average Bonchev–Trinajstić information content (AvgIpc) is 2.38. The topological polar surface area (TPSA) is 81.7 Å². The molecule has 0 unspecified atom stereocenters. The Labute approximate surface area is 108 Å². The Kier molecular flexibility index (Phi) is 9.75. The van der Waals surface area contributed by atoms with Crippen molar-refractivity contribution in [3.05, 3.63) is 12.7 Å². The Bertz CT molecular complexity index is 306. The molecule has 0 heterocycles. The van der Waals surface area contributed by atoms with Crippen molar-refractivity contribution in [3.63, 3.8) is 0 Å². The smallest absolute Gasteiger partial charge is 0.407 e. The lowest BCUT2D eigenvalue weighted by atomic mass is 10.5. The maximum atomic E-state index is 11.1. The number of carbonyl (C=O) groups excluding carboxylic acids is 2. The molecule has 0 aliphatic rings. The molecule has 102 valence electrons. The molecule has 0 bridgehead atoms. The van der Waals surface area contributed by atoms with Crippen molar-refractivity contribution in [2.45, 2.75) is 25.4 Å². The largest absolute Gasteiger partial charge is 0.459 e. The highest BCUT2D eigenvalue weighted by atomic mass is 28.3. The van der Waals surface area contributed by atoms with E-state index in [0.717, 1.165) is 6.08 Å². The van der Waals surface area contributed by atoms with Crippen molar-refractivity contribution in [1.82, 2.24) is 5.32 Å². The zero-order valence-electron chi connectivity index (χ0n) is 10.6. The van der Waals surface area contributed by atoms with Gasteiger partial charge in [-0.05, 0) is 18.5 Å². The van der Waals surface area contributed by atoms with Crippen molar-refractivity contribution in [2.75, 3.05) is 19.8 Å². The number of ether oxygens (including phenoxy) is 2. The Hall–Kier alpha value is -1.50. The summed E-state index contributed by atoms with van der Waals surface area (Å²) in [6, 6.07) is 1.34. The molecule has 0 aromatic carbocycles. The Balaban J connectivity index is 3.40. The second-order valence-electron chi connectivity index (χ2n) is 3.43. The summed E-state index contributed by atoms with van der Waals surface area (Å²) in [5.41, 5.74) is 0. The van der Waals surface area contributed by atoms with E-state index in [1.165, 1.54) is 0 Å². The standard InChI is InChI=1S/C11H19NO5Si/c1-3-10(13)16-7-8-17-11(14)12-6-5-9-18(15)4-2/h3H,1,4-9H2,2H3,(H,12,14). The van der Waals surface area contributed by atoms with Gasteiger partial charge in [0.2, 0.25) is 0 Å². The van der Waals surface area contributed by atoms with Gasteiger partial charge in [0.05, 0.1) is 0 Å². The minimum absolute atomic E-state index is 0.00180. The third-order valence-electron chi connectivity index (χ3n) is 2.02. The van der Waals surface area contributed by atoms with E-state index < -0.39 is 20.7 Å². The molecular weight excluding hydrogens is 254 g/mol. The van der Waals surface area contributed by atoms with E-state index in [9.17, 15) is 14.1 Å². The maximum Gasteiger partial charge on any atom is 0.407 e. The van der Waals surface area contributed by atoms with Gasteiger partial charge in [-0.1, -0.05) is 13.5 Å². The Morgan fingerprint density at radius 2 is 2.00 bits per heavy atom. The normalized spacial score (nSPS) is 9.39. The van der Waals surface area contributed by atoms with Crippen LogP contribution in [0.4, 0.5) is 4.79 Å². The zero-order chi connectivity index (χ0) is 13.8. The molecule has 18 heavy (non-hydrogen) atoms. The van der Waals surface area contributed by atoms with Crippen LogP contribution in [-0.2, 0) is 18.7 Å². The van der Waals surface area contributed by atoms with Gasteiger partial charge in [0, 0.05) is 12.6 Å². The Morgan fingerprint density at radius 3 is 2.61 bits per heavy atom. The number of hydrogen-bond donors (Lipinski definition) is 1. The van der Waals surface area contributed by atoms with Crippen LogP contribution in [0.15, 0.2) is 12.7 Å². The van der Waals surface area contributed by atoms with Crippen LogP contribution in [0, 0.1) is 0 Å². The van der Waals surface area contributed by atoms with Gasteiger partial charge in [-0.3, -0.25) is 0 Å². The highest BCUT2D eigenvalue weighted by molar-refractivity contribution is 6.42. The van der Waals surface area contributed by atoms with E-state index in [0.29, 0.717) is 25.1 Å². The fraction of sp³-hybridized carbons (Fsp3) is 0.636. The molecule has 1 N–H and O–H groups in total. The predicted octanol–water partition coefficient (Wildman–Crippen LogP) is 1.27. The van der Waals surface area contributed by atoms with Crippen LogP contribution < -0.4 is 5.32 Å². The first-order valence-corrected chi connectivity index (χ1v) is 7.64. The summed E-state index contributed by atoms with van der Waals surface area (Å²) < 4.78 is 20.5. The highest BCUT2D eigenvalue weighted by Crippen LogP contribution is 1.94. The molecule has 0 radical (unpaired) electrons. The van der Waals surface area contributed by atoms with Crippen LogP contribution in [-0.4, -0.2) is 40.5 Å². The second-order valence-corrected chi connectivity index (χ2v) is 5.71. The number of nitrogens with one attached hydrogen (secondary N) is 1. The van der Waals surface area contributed by atoms with Crippen LogP contribution in [0.3, 0.4) is 0 Å². The van der Waals surface area contributed by atoms with Crippen molar-refractivity contribution in [1.29, 1.82) is 0 Å².